The number of hydrogen-bond donors (Lipinski definition) is 3. The van der Waals surface area contributed by atoms with Crippen LogP contribution in [0.1, 0.15) is 85.3 Å². The van der Waals surface area contributed by atoms with Gasteiger partial charge in [-0.15, -0.1) is 0 Å². The van der Waals surface area contributed by atoms with Crippen molar-refractivity contribution >= 4 is 17.9 Å². The number of benzene rings is 2. The second kappa shape index (κ2) is 24.7. The molecule has 1 aliphatic carbocycles. The van der Waals surface area contributed by atoms with Crippen LogP contribution >= 0.6 is 0 Å². The number of carbonyl (C=O) groups excluding carboxylic acids is 3. The maximum atomic E-state index is 13.2. The Morgan fingerprint density at radius 1 is 0.766 bits per heavy atom. The fourth-order valence-corrected chi connectivity index (χ4v) is 5.09. The summed E-state index contributed by atoms with van der Waals surface area (Å²) >= 11 is 0. The van der Waals surface area contributed by atoms with Gasteiger partial charge >= 0.3 is 75.0 Å². The van der Waals surface area contributed by atoms with Crippen LogP contribution in [0.25, 0.3) is 11.1 Å². The van der Waals surface area contributed by atoms with Crippen molar-refractivity contribution in [1.82, 2.24) is 16.0 Å². The molecule has 9 nitrogen and oxygen atoms in total. The van der Waals surface area contributed by atoms with Gasteiger partial charge in [0.2, 0.25) is 11.8 Å². The van der Waals surface area contributed by atoms with Crippen molar-refractivity contribution in [1.29, 1.82) is 0 Å². The van der Waals surface area contributed by atoms with Gasteiger partial charge in [0.15, 0.2) is 0 Å². The monoisotopic (exact) mass is 775 g/mol. The van der Waals surface area contributed by atoms with Crippen molar-refractivity contribution in [2.75, 3.05) is 47.1 Å². The molecule has 1 aliphatic rings. The molecule has 1 unspecified atom stereocenters. The second-order valence-corrected chi connectivity index (χ2v) is 12.3. The van der Waals surface area contributed by atoms with Crippen LogP contribution in [0.3, 0.4) is 0 Å². The first-order valence-electron chi connectivity index (χ1n) is 16.1. The van der Waals surface area contributed by atoms with Crippen LogP contribution < -0.4 is 84.8 Å². The predicted molar refractivity (Wildman–Crippen MR) is 188 cm³/mol. The van der Waals surface area contributed by atoms with Crippen LogP contribution in [-0.4, -0.2) is 71.1 Å². The fourth-order valence-electron chi connectivity index (χ4n) is 5.09. The fraction of sp³-hybridized carbons (Fsp3) is 0.568. The van der Waals surface area contributed by atoms with E-state index < -0.39 is 12.1 Å². The molecule has 3 N–H and O–H groups in total. The molecule has 2 aromatic carbocycles. The number of rotatable bonds is 15. The molecule has 2 aromatic rings. The van der Waals surface area contributed by atoms with Gasteiger partial charge in [0, 0.05) is 50.5 Å². The van der Waals surface area contributed by atoms with Gasteiger partial charge in [-0.1, -0.05) is 104 Å². The number of alkyl carbamates (subject to hydrolysis) is 1. The molecule has 0 radical (unpaired) electrons. The number of amides is 3. The molecule has 1 atom stereocenters. The molecule has 0 aliphatic heterocycles. The minimum Gasteiger partial charge on any atom is -0.449 e. The van der Waals surface area contributed by atoms with Gasteiger partial charge in [0.25, 0.3) is 0 Å². The molecule has 0 spiro atoms. The maximum Gasteiger partial charge on any atom is 1.00 e. The Morgan fingerprint density at radius 3 is 1.68 bits per heavy atom. The molecule has 0 heterocycles. The number of fused-ring (bicyclic) bond motifs is 3. The van der Waals surface area contributed by atoms with Gasteiger partial charge in [0.1, 0.15) is 12.6 Å². The van der Waals surface area contributed by atoms with E-state index in [2.05, 4.69) is 28.1 Å². The number of hydrogen-bond acceptors (Lipinski definition) is 6. The van der Waals surface area contributed by atoms with Crippen molar-refractivity contribution in [3.63, 3.8) is 0 Å². The third-order valence-corrected chi connectivity index (χ3v) is 7.19. The molecule has 0 bridgehead atoms. The van der Waals surface area contributed by atoms with Crippen molar-refractivity contribution < 1.29 is 97.5 Å². The number of ether oxygens (including phenoxy) is 3. The summed E-state index contributed by atoms with van der Waals surface area (Å²) in [6.45, 7) is 17.8. The van der Waals surface area contributed by atoms with Crippen LogP contribution in [0.4, 0.5) is 4.79 Å². The topological polar surface area (TPSA) is 115 Å². The first-order chi connectivity index (χ1) is 21.5. The summed E-state index contributed by atoms with van der Waals surface area (Å²) in [6, 6.07) is 15.2. The number of carbonyl (C=O) groups is 3. The van der Waals surface area contributed by atoms with E-state index in [1.165, 1.54) is 0 Å². The smallest absolute Gasteiger partial charge is 0.449 e. The SMILES string of the molecule is CC.CC.COCC(C)(C)CNC(=O)CCC(NC(=O)OCC1c2ccccc2-c2ccccc21)C(=O)NCC(C)(C)COC.[CH3-].[Cs+]. The molecule has 0 saturated heterocycles. The van der Waals surface area contributed by atoms with E-state index in [0.717, 1.165) is 22.3 Å². The summed E-state index contributed by atoms with van der Waals surface area (Å²) in [5.41, 5.74) is 3.94. The summed E-state index contributed by atoms with van der Waals surface area (Å²) in [6.07, 6.45) is -0.520. The van der Waals surface area contributed by atoms with Crippen molar-refractivity contribution in [2.45, 2.75) is 80.2 Å². The summed E-state index contributed by atoms with van der Waals surface area (Å²) in [5, 5.41) is 8.49. The Balaban J connectivity index is 0. The second-order valence-electron chi connectivity index (χ2n) is 12.3. The summed E-state index contributed by atoms with van der Waals surface area (Å²) in [7, 11) is 3.23. The molecule has 0 aromatic heterocycles. The van der Waals surface area contributed by atoms with E-state index in [4.69, 9.17) is 14.2 Å². The van der Waals surface area contributed by atoms with Crippen LogP contribution in [0.2, 0.25) is 0 Å². The molecular formula is C37H60CsN3O6. The quantitative estimate of drug-likeness (QED) is 0.238. The van der Waals surface area contributed by atoms with E-state index in [0.29, 0.717) is 26.3 Å². The summed E-state index contributed by atoms with van der Waals surface area (Å²) in [4.78, 5) is 38.7. The van der Waals surface area contributed by atoms with Gasteiger partial charge in [-0.05, 0) is 28.7 Å². The minimum absolute atomic E-state index is 0. The van der Waals surface area contributed by atoms with E-state index in [9.17, 15) is 14.4 Å². The molecule has 260 valence electrons. The summed E-state index contributed by atoms with van der Waals surface area (Å²) < 4.78 is 16.1. The Kier molecular flexibility index (Phi) is 25.1. The van der Waals surface area contributed by atoms with E-state index in [1.54, 1.807) is 14.2 Å². The van der Waals surface area contributed by atoms with Crippen molar-refractivity contribution in [2.24, 2.45) is 10.8 Å². The Morgan fingerprint density at radius 2 is 1.21 bits per heavy atom. The Hall–Kier alpha value is -1.38. The van der Waals surface area contributed by atoms with Gasteiger partial charge in [-0.2, -0.15) is 0 Å². The predicted octanol–water partition coefficient (Wildman–Crippen LogP) is 3.76. The van der Waals surface area contributed by atoms with Gasteiger partial charge in [-0.3, -0.25) is 9.59 Å². The van der Waals surface area contributed by atoms with E-state index >= 15 is 0 Å². The van der Waals surface area contributed by atoms with Crippen molar-refractivity contribution in [3.8, 4) is 11.1 Å². The average molecular weight is 776 g/mol. The summed E-state index contributed by atoms with van der Waals surface area (Å²) in [5.74, 6) is -0.687. The average Bonchev–Trinajstić information content (AvgIpc) is 3.35. The van der Waals surface area contributed by atoms with E-state index in [-0.39, 0.29) is 124 Å². The van der Waals surface area contributed by atoms with Gasteiger partial charge in [0.05, 0.1) is 13.2 Å². The Labute approximate surface area is 343 Å². The largest absolute Gasteiger partial charge is 1.00 e. The minimum atomic E-state index is -0.943. The van der Waals surface area contributed by atoms with Crippen LogP contribution in [0.5, 0.6) is 0 Å². The van der Waals surface area contributed by atoms with Crippen LogP contribution in [0, 0.1) is 18.3 Å². The van der Waals surface area contributed by atoms with Crippen molar-refractivity contribution in [3.05, 3.63) is 67.1 Å². The zero-order chi connectivity index (χ0) is 34.0. The first-order valence-corrected chi connectivity index (χ1v) is 16.1. The normalized spacial score (nSPS) is 12.1. The molecule has 0 saturated carbocycles. The molecule has 47 heavy (non-hydrogen) atoms. The van der Waals surface area contributed by atoms with E-state index in [1.807, 2.05) is 91.8 Å². The third kappa shape index (κ3) is 16.3. The molecule has 0 fully saturated rings. The zero-order valence-electron chi connectivity index (χ0n) is 31.2. The molecular weight excluding hydrogens is 715 g/mol. The molecule has 10 heteroatoms. The molecule has 3 amide bonds. The maximum absolute atomic E-state index is 13.2. The van der Waals surface area contributed by atoms with Crippen LogP contribution in [-0.2, 0) is 23.8 Å². The third-order valence-electron chi connectivity index (χ3n) is 7.19. The zero-order valence-corrected chi connectivity index (χ0v) is 37.5. The molecule has 3 rings (SSSR count). The number of nitrogens with one attached hydrogen (secondary N) is 3. The standard InChI is InChI=1S/C32H45N3O6.2C2H6.CH3.Cs/c1-31(2,20-39-5)18-33-28(36)16-15-27(29(37)34-19-32(3,4)21-40-6)35-30(38)41-17-26-24-13-9-7-11-22(24)23-12-8-10-14-25(23)26;2*1-2;;/h7-14,26-27H,15-21H2,1-6H3,(H,33,36)(H,34,37)(H,35,38);2*1-2H3;1H3;/q;;;-1;+1. The van der Waals surface area contributed by atoms with Gasteiger partial charge < -0.3 is 37.6 Å². The number of methoxy groups -OCH3 is 2. The van der Waals surface area contributed by atoms with Gasteiger partial charge in [-0.25, -0.2) is 4.79 Å². The van der Waals surface area contributed by atoms with Crippen LogP contribution in [0.15, 0.2) is 48.5 Å². The Bertz CT molecular complexity index is 1160. The first kappa shape index (κ1) is 47.7.